The summed E-state index contributed by atoms with van der Waals surface area (Å²) in [6, 6.07) is 5.59. The average molecular weight is 327 g/mol. The number of carbonyl (C=O) groups is 2. The Hall–Kier alpha value is -2.21. The smallest absolute Gasteiger partial charge is 0.253 e. The zero-order chi connectivity index (χ0) is 16.0. The molecule has 2 amide bonds. The molecule has 1 atom stereocenters. The molecule has 5 nitrogen and oxygen atoms in total. The number of benzene rings is 1. The second kappa shape index (κ2) is 5.16. The molecule has 2 aliphatic heterocycles. The topological polar surface area (TPSA) is 62.3 Å². The number of amides is 2. The molecular weight excluding hydrogens is 310 g/mol. The van der Waals surface area contributed by atoms with Crippen LogP contribution in [0.1, 0.15) is 29.6 Å². The number of hydrogen-bond donors (Lipinski definition) is 1. The van der Waals surface area contributed by atoms with Gasteiger partial charge in [0.25, 0.3) is 5.91 Å². The van der Waals surface area contributed by atoms with Gasteiger partial charge >= 0.3 is 0 Å². The van der Waals surface area contributed by atoms with Gasteiger partial charge in [-0.15, -0.1) is 11.3 Å². The van der Waals surface area contributed by atoms with E-state index in [1.165, 1.54) is 11.3 Å². The number of fused-ring (bicyclic) bond motifs is 1. The second-order valence-corrected chi connectivity index (χ2v) is 7.24. The maximum atomic E-state index is 12.8. The van der Waals surface area contributed by atoms with Gasteiger partial charge in [-0.3, -0.25) is 9.59 Å². The number of piperidine rings is 1. The molecule has 2 saturated heterocycles. The van der Waals surface area contributed by atoms with Gasteiger partial charge in [-0.2, -0.15) is 0 Å². The molecule has 1 unspecified atom stereocenters. The number of nitrogens with one attached hydrogen (secondary N) is 1. The van der Waals surface area contributed by atoms with Gasteiger partial charge in [0.2, 0.25) is 5.91 Å². The van der Waals surface area contributed by atoms with E-state index >= 15 is 0 Å². The van der Waals surface area contributed by atoms with Gasteiger partial charge in [-0.05, 0) is 37.5 Å². The monoisotopic (exact) mass is 327 g/mol. The normalized spacial score (nSPS) is 24.4. The minimum atomic E-state index is -0.439. The summed E-state index contributed by atoms with van der Waals surface area (Å²) >= 11 is 1.53. The van der Waals surface area contributed by atoms with Crippen LogP contribution in [0.5, 0.6) is 0 Å². The van der Waals surface area contributed by atoms with E-state index < -0.39 is 5.41 Å². The molecule has 2 fully saturated rings. The fraction of sp³-hybridized carbons (Fsp3) is 0.353. The zero-order valence-electron chi connectivity index (χ0n) is 12.7. The Labute approximate surface area is 138 Å². The van der Waals surface area contributed by atoms with Crippen LogP contribution in [-0.4, -0.2) is 34.8 Å². The van der Waals surface area contributed by atoms with Crippen molar-refractivity contribution in [1.82, 2.24) is 15.2 Å². The van der Waals surface area contributed by atoms with Crippen molar-refractivity contribution in [2.24, 2.45) is 5.41 Å². The first kappa shape index (κ1) is 14.4. The lowest BCUT2D eigenvalue weighted by atomic mass is 9.78. The number of carbonyl (C=O) groups excluding carboxylic acids is 2. The van der Waals surface area contributed by atoms with Crippen LogP contribution in [0, 0.1) is 5.41 Å². The van der Waals surface area contributed by atoms with Crippen LogP contribution in [0.2, 0.25) is 0 Å². The highest BCUT2D eigenvalue weighted by atomic mass is 32.1. The summed E-state index contributed by atoms with van der Waals surface area (Å²) in [6.07, 6.45) is 2.29. The number of rotatable bonds is 1. The molecule has 1 spiro atoms. The highest BCUT2D eigenvalue weighted by Gasteiger charge is 2.47. The van der Waals surface area contributed by atoms with Gasteiger partial charge in [0.15, 0.2) is 0 Å². The quantitative estimate of drug-likeness (QED) is 0.875. The molecule has 0 bridgehead atoms. The Bertz CT molecular complexity index is 828. The van der Waals surface area contributed by atoms with Crippen molar-refractivity contribution in [1.29, 1.82) is 0 Å². The zero-order valence-corrected chi connectivity index (χ0v) is 13.5. The van der Waals surface area contributed by atoms with Crippen LogP contribution in [0.25, 0.3) is 10.2 Å². The molecule has 3 heterocycles. The predicted molar refractivity (Wildman–Crippen MR) is 89.1 cm³/mol. The van der Waals surface area contributed by atoms with Crippen LogP contribution in [0.15, 0.2) is 36.0 Å². The van der Waals surface area contributed by atoms with Gasteiger partial charge in [0.1, 0.15) is 0 Å². The van der Waals surface area contributed by atoms with E-state index in [9.17, 15) is 9.59 Å². The highest BCUT2D eigenvalue weighted by molar-refractivity contribution is 7.16. The van der Waals surface area contributed by atoms with Crippen molar-refractivity contribution in [3.05, 3.63) is 41.5 Å². The third-order valence-corrected chi connectivity index (χ3v) is 5.69. The lowest BCUT2D eigenvalue weighted by Gasteiger charge is -2.33. The Morgan fingerprint density at radius 3 is 3.09 bits per heavy atom. The lowest BCUT2D eigenvalue weighted by molar-refractivity contribution is -0.131. The first-order valence-electron chi connectivity index (χ1n) is 7.69. The minimum absolute atomic E-state index is 0.00521. The summed E-state index contributed by atoms with van der Waals surface area (Å²) in [4.78, 5) is 31.2. The maximum Gasteiger partial charge on any atom is 0.253 e. The van der Waals surface area contributed by atoms with Crippen molar-refractivity contribution in [2.45, 2.75) is 19.3 Å². The molecule has 23 heavy (non-hydrogen) atoms. The van der Waals surface area contributed by atoms with E-state index in [4.69, 9.17) is 0 Å². The molecule has 1 aromatic heterocycles. The molecule has 6 heteroatoms. The third kappa shape index (κ3) is 2.34. The van der Waals surface area contributed by atoms with Gasteiger partial charge in [-0.1, -0.05) is 6.58 Å². The number of allylic oxidation sites excluding steroid dienone is 1. The molecule has 1 aromatic carbocycles. The molecule has 0 radical (unpaired) electrons. The van der Waals surface area contributed by atoms with Crippen LogP contribution in [0.4, 0.5) is 0 Å². The first-order chi connectivity index (χ1) is 11.1. The number of nitrogens with zero attached hydrogens (tertiary/aromatic N) is 2. The molecule has 2 aliphatic rings. The molecule has 1 N–H and O–H groups in total. The largest absolute Gasteiger partial charge is 0.338 e. The van der Waals surface area contributed by atoms with E-state index in [0.717, 1.165) is 35.2 Å². The molecular formula is C17H17N3O2S. The molecule has 118 valence electrons. The van der Waals surface area contributed by atoms with Gasteiger partial charge in [0.05, 0.1) is 21.1 Å². The Morgan fingerprint density at radius 2 is 2.26 bits per heavy atom. The van der Waals surface area contributed by atoms with Crippen molar-refractivity contribution < 1.29 is 9.59 Å². The summed E-state index contributed by atoms with van der Waals surface area (Å²) in [7, 11) is 0. The fourth-order valence-electron chi connectivity index (χ4n) is 3.47. The standard InChI is InChI=1S/C17H17N3O2S/c1-11-4-5-17(16(22)19-11)6-7-20(9-17)15(21)12-2-3-13-14(8-12)23-10-18-13/h2-3,8,10H,1,4-7,9H2,(H,19,22). The number of likely N-dealkylation sites (tertiary alicyclic amines) is 1. The summed E-state index contributed by atoms with van der Waals surface area (Å²) in [6.45, 7) is 4.94. The fourth-order valence-corrected chi connectivity index (χ4v) is 4.18. The van der Waals surface area contributed by atoms with Crippen molar-refractivity contribution in [3.63, 3.8) is 0 Å². The summed E-state index contributed by atoms with van der Waals surface area (Å²) < 4.78 is 1.01. The lowest BCUT2D eigenvalue weighted by Crippen LogP contribution is -2.46. The third-order valence-electron chi connectivity index (χ3n) is 4.90. The van der Waals surface area contributed by atoms with Gasteiger partial charge < -0.3 is 10.2 Å². The summed E-state index contributed by atoms with van der Waals surface area (Å²) in [5.41, 5.74) is 3.70. The summed E-state index contributed by atoms with van der Waals surface area (Å²) in [5.74, 6) is 0.0105. The van der Waals surface area contributed by atoms with Crippen LogP contribution >= 0.6 is 11.3 Å². The van der Waals surface area contributed by atoms with Crippen LogP contribution in [-0.2, 0) is 4.79 Å². The number of hydrogen-bond acceptors (Lipinski definition) is 4. The predicted octanol–water partition coefficient (Wildman–Crippen LogP) is 2.55. The average Bonchev–Trinajstić information content (AvgIpc) is 3.18. The highest BCUT2D eigenvalue weighted by Crippen LogP contribution is 2.39. The van der Waals surface area contributed by atoms with Crippen molar-refractivity contribution in [3.8, 4) is 0 Å². The molecule has 0 saturated carbocycles. The van der Waals surface area contributed by atoms with Crippen LogP contribution in [0.3, 0.4) is 0 Å². The minimum Gasteiger partial charge on any atom is -0.338 e. The van der Waals surface area contributed by atoms with Crippen molar-refractivity contribution in [2.75, 3.05) is 13.1 Å². The molecule has 4 rings (SSSR count). The Balaban J connectivity index is 1.56. The Kier molecular flexibility index (Phi) is 3.23. The van der Waals surface area contributed by atoms with E-state index in [2.05, 4.69) is 16.9 Å². The summed E-state index contributed by atoms with van der Waals surface area (Å²) in [5, 5.41) is 2.85. The van der Waals surface area contributed by atoms with Crippen LogP contribution < -0.4 is 5.32 Å². The SMILES string of the molecule is C=C1CCC2(CCN(C(=O)c3ccc4ncsc4c3)C2)C(=O)N1. The van der Waals surface area contributed by atoms with E-state index in [1.54, 1.807) is 10.4 Å². The van der Waals surface area contributed by atoms with E-state index in [-0.39, 0.29) is 11.8 Å². The maximum absolute atomic E-state index is 12.8. The van der Waals surface area contributed by atoms with E-state index in [1.807, 2.05) is 18.2 Å². The Morgan fingerprint density at radius 1 is 1.39 bits per heavy atom. The molecule has 2 aromatic rings. The van der Waals surface area contributed by atoms with Gasteiger partial charge in [0, 0.05) is 24.4 Å². The van der Waals surface area contributed by atoms with Gasteiger partial charge in [-0.25, -0.2) is 4.98 Å². The number of aromatic nitrogens is 1. The van der Waals surface area contributed by atoms with Crippen molar-refractivity contribution >= 4 is 33.4 Å². The van der Waals surface area contributed by atoms with E-state index in [0.29, 0.717) is 18.7 Å². The second-order valence-electron chi connectivity index (χ2n) is 6.35. The number of thiazole rings is 1. The molecule has 0 aliphatic carbocycles. The first-order valence-corrected chi connectivity index (χ1v) is 8.57.